The Morgan fingerprint density at radius 1 is 1.00 bits per heavy atom. The molecule has 0 radical (unpaired) electrons. The van der Waals surface area contributed by atoms with Crippen molar-refractivity contribution in [2.75, 3.05) is 10.6 Å². The fraction of sp³-hybridized carbons (Fsp3) is 0.136. The maximum Gasteiger partial charge on any atom is 0.255 e. The molecule has 2 aromatic carbocycles. The third kappa shape index (κ3) is 4.94. The molecule has 0 saturated heterocycles. The highest BCUT2D eigenvalue weighted by Crippen LogP contribution is 2.22. The highest BCUT2D eigenvalue weighted by Gasteiger charge is 2.10. The number of benzene rings is 2. The lowest BCUT2D eigenvalue weighted by Gasteiger charge is -2.12. The molecule has 0 aliphatic rings. The van der Waals surface area contributed by atoms with Gasteiger partial charge in [0.2, 0.25) is 5.91 Å². The van der Waals surface area contributed by atoms with Gasteiger partial charge >= 0.3 is 0 Å². The van der Waals surface area contributed by atoms with E-state index in [-0.39, 0.29) is 24.0 Å². The topological polar surface area (TPSA) is 91.3 Å². The van der Waals surface area contributed by atoms with Crippen molar-refractivity contribution in [3.05, 3.63) is 83.7 Å². The van der Waals surface area contributed by atoms with Gasteiger partial charge in [0.15, 0.2) is 0 Å². The second-order valence-electron chi connectivity index (χ2n) is 6.40. The third-order valence-electron chi connectivity index (χ3n) is 4.33. The molecule has 6 heteroatoms. The Bertz CT molecular complexity index is 987. The SMILES string of the molecule is Cc1ccc(NC(=O)CCc2ccccc2O)cc1NC(=O)c1ccncc1. The normalized spacial score (nSPS) is 10.3. The summed E-state index contributed by atoms with van der Waals surface area (Å²) >= 11 is 0. The highest BCUT2D eigenvalue weighted by molar-refractivity contribution is 6.05. The first-order valence-electron chi connectivity index (χ1n) is 8.91. The fourth-order valence-electron chi connectivity index (χ4n) is 2.73. The number of anilines is 2. The molecule has 0 atom stereocenters. The standard InChI is InChI=1S/C22H21N3O3/c1-15-6-8-18(14-19(15)25-22(28)17-10-12-23-13-11-17)24-21(27)9-7-16-4-2-3-5-20(16)26/h2-6,8,10-14,26H,7,9H2,1H3,(H,24,27)(H,25,28). The summed E-state index contributed by atoms with van der Waals surface area (Å²) in [5.74, 6) is -0.223. The first-order valence-corrected chi connectivity index (χ1v) is 8.91. The lowest BCUT2D eigenvalue weighted by Crippen LogP contribution is -2.15. The second-order valence-corrected chi connectivity index (χ2v) is 6.40. The average Bonchev–Trinajstić information content (AvgIpc) is 2.70. The summed E-state index contributed by atoms with van der Waals surface area (Å²) in [6, 6.07) is 15.6. The molecule has 3 N–H and O–H groups in total. The number of para-hydroxylation sites is 1. The smallest absolute Gasteiger partial charge is 0.255 e. The molecule has 0 bridgehead atoms. The van der Waals surface area contributed by atoms with Crippen LogP contribution in [0.2, 0.25) is 0 Å². The molecular weight excluding hydrogens is 354 g/mol. The minimum absolute atomic E-state index is 0.168. The Balaban J connectivity index is 1.63. The van der Waals surface area contributed by atoms with E-state index in [9.17, 15) is 14.7 Å². The van der Waals surface area contributed by atoms with E-state index >= 15 is 0 Å². The zero-order chi connectivity index (χ0) is 19.9. The summed E-state index contributed by atoms with van der Waals surface area (Å²) in [5.41, 5.74) is 3.34. The molecule has 0 spiro atoms. The van der Waals surface area contributed by atoms with Crippen molar-refractivity contribution < 1.29 is 14.7 Å². The maximum atomic E-state index is 12.3. The second kappa shape index (κ2) is 8.81. The predicted octanol–water partition coefficient (Wildman–Crippen LogP) is 3.92. The van der Waals surface area contributed by atoms with Crippen LogP contribution in [0, 0.1) is 6.92 Å². The maximum absolute atomic E-state index is 12.3. The van der Waals surface area contributed by atoms with Gasteiger partial charge in [-0.15, -0.1) is 0 Å². The first-order chi connectivity index (χ1) is 13.5. The number of nitrogens with one attached hydrogen (secondary N) is 2. The van der Waals surface area contributed by atoms with Crippen LogP contribution in [0.5, 0.6) is 5.75 Å². The number of nitrogens with zero attached hydrogens (tertiary/aromatic N) is 1. The van der Waals surface area contributed by atoms with Gasteiger partial charge in [-0.1, -0.05) is 24.3 Å². The summed E-state index contributed by atoms with van der Waals surface area (Å²) in [6.45, 7) is 1.88. The Hall–Kier alpha value is -3.67. The van der Waals surface area contributed by atoms with E-state index in [4.69, 9.17) is 0 Å². The number of pyridine rings is 1. The van der Waals surface area contributed by atoms with Gasteiger partial charge in [-0.3, -0.25) is 14.6 Å². The van der Waals surface area contributed by atoms with Crippen LogP contribution in [0.1, 0.15) is 27.9 Å². The van der Waals surface area contributed by atoms with E-state index in [1.165, 1.54) is 0 Å². The number of hydrogen-bond acceptors (Lipinski definition) is 4. The van der Waals surface area contributed by atoms with Crippen LogP contribution in [-0.2, 0) is 11.2 Å². The molecule has 1 heterocycles. The number of phenolic OH excluding ortho intramolecular Hbond substituents is 1. The quantitative estimate of drug-likeness (QED) is 0.609. The molecule has 28 heavy (non-hydrogen) atoms. The number of aryl methyl sites for hydroxylation is 2. The minimum Gasteiger partial charge on any atom is -0.508 e. The van der Waals surface area contributed by atoms with Crippen LogP contribution in [-0.4, -0.2) is 21.9 Å². The molecular formula is C22H21N3O3. The van der Waals surface area contributed by atoms with Crippen molar-refractivity contribution in [2.24, 2.45) is 0 Å². The van der Waals surface area contributed by atoms with Crippen LogP contribution in [0.15, 0.2) is 67.0 Å². The number of carbonyl (C=O) groups excluding carboxylic acids is 2. The largest absolute Gasteiger partial charge is 0.508 e. The monoisotopic (exact) mass is 375 g/mol. The zero-order valence-electron chi connectivity index (χ0n) is 15.5. The summed E-state index contributed by atoms with van der Waals surface area (Å²) in [4.78, 5) is 28.5. The van der Waals surface area contributed by atoms with Crippen molar-refractivity contribution in [1.82, 2.24) is 4.98 Å². The number of carbonyl (C=O) groups is 2. The van der Waals surface area contributed by atoms with Gasteiger partial charge in [-0.2, -0.15) is 0 Å². The Morgan fingerprint density at radius 3 is 2.50 bits per heavy atom. The zero-order valence-corrected chi connectivity index (χ0v) is 15.5. The van der Waals surface area contributed by atoms with E-state index in [2.05, 4.69) is 15.6 Å². The highest BCUT2D eigenvalue weighted by atomic mass is 16.3. The number of amides is 2. The van der Waals surface area contributed by atoms with Crippen LogP contribution >= 0.6 is 0 Å². The molecule has 0 aliphatic carbocycles. The molecule has 0 aliphatic heterocycles. The lowest BCUT2D eigenvalue weighted by molar-refractivity contribution is -0.116. The van der Waals surface area contributed by atoms with Gasteiger partial charge in [0.25, 0.3) is 5.91 Å². The summed E-state index contributed by atoms with van der Waals surface area (Å²) in [5, 5.41) is 15.5. The van der Waals surface area contributed by atoms with Gasteiger partial charge in [-0.25, -0.2) is 0 Å². The Kier molecular flexibility index (Phi) is 6.01. The van der Waals surface area contributed by atoms with Gasteiger partial charge < -0.3 is 15.7 Å². The van der Waals surface area contributed by atoms with Crippen molar-refractivity contribution in [2.45, 2.75) is 19.8 Å². The van der Waals surface area contributed by atoms with E-state index in [0.717, 1.165) is 11.1 Å². The molecule has 3 rings (SSSR count). The number of aromatic hydroxyl groups is 1. The number of phenols is 1. The number of rotatable bonds is 6. The van der Waals surface area contributed by atoms with E-state index < -0.39 is 0 Å². The van der Waals surface area contributed by atoms with Gasteiger partial charge in [-0.05, 0) is 54.8 Å². The van der Waals surface area contributed by atoms with E-state index in [1.807, 2.05) is 19.1 Å². The molecule has 0 unspecified atom stereocenters. The fourth-order valence-corrected chi connectivity index (χ4v) is 2.73. The van der Waals surface area contributed by atoms with Crippen LogP contribution in [0.4, 0.5) is 11.4 Å². The van der Waals surface area contributed by atoms with Crippen LogP contribution in [0.25, 0.3) is 0 Å². The molecule has 0 fully saturated rings. The molecule has 3 aromatic rings. The molecule has 142 valence electrons. The Labute approximate surface area is 163 Å². The summed E-state index contributed by atoms with van der Waals surface area (Å²) in [7, 11) is 0. The predicted molar refractivity (Wildman–Crippen MR) is 108 cm³/mol. The van der Waals surface area contributed by atoms with E-state index in [0.29, 0.717) is 23.4 Å². The van der Waals surface area contributed by atoms with Crippen LogP contribution < -0.4 is 10.6 Å². The van der Waals surface area contributed by atoms with Crippen molar-refractivity contribution >= 4 is 23.2 Å². The molecule has 6 nitrogen and oxygen atoms in total. The van der Waals surface area contributed by atoms with Crippen molar-refractivity contribution in [3.8, 4) is 5.75 Å². The summed E-state index contributed by atoms with van der Waals surface area (Å²) in [6.07, 6.45) is 3.80. The summed E-state index contributed by atoms with van der Waals surface area (Å²) < 4.78 is 0. The van der Waals surface area contributed by atoms with Gasteiger partial charge in [0, 0.05) is 35.8 Å². The molecule has 1 aromatic heterocycles. The number of hydrogen-bond donors (Lipinski definition) is 3. The minimum atomic E-state index is -0.242. The lowest BCUT2D eigenvalue weighted by atomic mass is 10.1. The van der Waals surface area contributed by atoms with Crippen molar-refractivity contribution in [1.29, 1.82) is 0 Å². The number of aromatic nitrogens is 1. The molecule has 0 saturated carbocycles. The van der Waals surface area contributed by atoms with Crippen molar-refractivity contribution in [3.63, 3.8) is 0 Å². The first kappa shape index (κ1) is 19.1. The van der Waals surface area contributed by atoms with E-state index in [1.54, 1.807) is 54.9 Å². The Morgan fingerprint density at radius 2 is 1.75 bits per heavy atom. The van der Waals surface area contributed by atoms with Gasteiger partial charge in [0.05, 0.1) is 0 Å². The van der Waals surface area contributed by atoms with Gasteiger partial charge in [0.1, 0.15) is 5.75 Å². The average molecular weight is 375 g/mol. The third-order valence-corrected chi connectivity index (χ3v) is 4.33. The molecule has 2 amide bonds. The van der Waals surface area contributed by atoms with Crippen LogP contribution in [0.3, 0.4) is 0 Å².